The van der Waals surface area contributed by atoms with E-state index in [9.17, 15) is 0 Å². The zero-order valence-electron chi connectivity index (χ0n) is 9.45. The van der Waals surface area contributed by atoms with Crippen LogP contribution < -0.4 is 4.90 Å². The Hall–Kier alpha value is -0.510. The van der Waals surface area contributed by atoms with Gasteiger partial charge in [0, 0.05) is 25.4 Å². The van der Waals surface area contributed by atoms with Crippen LogP contribution in [0.4, 0.5) is 5.82 Å². The molecule has 0 unspecified atom stereocenters. The smallest absolute Gasteiger partial charge is 0.147 e. The molecule has 1 aromatic heterocycles. The van der Waals surface area contributed by atoms with Crippen molar-refractivity contribution in [2.24, 2.45) is 0 Å². The molecule has 16 heavy (non-hydrogen) atoms. The first-order chi connectivity index (χ1) is 7.56. The lowest BCUT2D eigenvalue weighted by Crippen LogP contribution is -2.33. The Balaban J connectivity index is 2.92. The number of aliphatic hydroxyl groups is 1. The fraction of sp³-hybridized carbons (Fsp3) is 0.545. The summed E-state index contributed by atoms with van der Waals surface area (Å²) in [5.74, 6) is 0.717. The average molecular weight is 263 g/mol. The molecule has 1 rings (SSSR count). The maximum atomic E-state index is 8.86. The molecule has 5 heteroatoms. The predicted molar refractivity (Wildman–Crippen MR) is 68.4 cm³/mol. The van der Waals surface area contributed by atoms with Crippen LogP contribution >= 0.6 is 23.2 Å². The Bertz CT molecular complexity index is 345. The molecular weight excluding hydrogens is 247 g/mol. The minimum absolute atomic E-state index is 0.161. The monoisotopic (exact) mass is 262 g/mol. The van der Waals surface area contributed by atoms with Gasteiger partial charge < -0.3 is 10.0 Å². The lowest BCUT2D eigenvalue weighted by Gasteiger charge is -2.28. The zero-order chi connectivity index (χ0) is 12.1. The standard InChI is InChI=1S/C11H16Cl2N2O/c1-8(2)15(4-3-5-16)11-10(13)6-9(12)7-14-11/h6-8,16H,3-5H2,1-2H3. The number of rotatable bonds is 5. The Morgan fingerprint density at radius 2 is 2.12 bits per heavy atom. The van der Waals surface area contributed by atoms with Crippen LogP contribution in [0, 0.1) is 0 Å². The summed E-state index contributed by atoms with van der Waals surface area (Å²) < 4.78 is 0. The highest BCUT2D eigenvalue weighted by Crippen LogP contribution is 2.27. The normalized spacial score (nSPS) is 10.9. The number of aliphatic hydroxyl groups excluding tert-OH is 1. The molecule has 1 N–H and O–H groups in total. The summed E-state index contributed by atoms with van der Waals surface area (Å²) in [4.78, 5) is 6.28. The molecule has 1 heterocycles. The first-order valence-electron chi connectivity index (χ1n) is 5.24. The van der Waals surface area contributed by atoms with Crippen LogP contribution in [0.5, 0.6) is 0 Å². The van der Waals surface area contributed by atoms with Gasteiger partial charge in [-0.25, -0.2) is 4.98 Å². The number of pyridine rings is 1. The average Bonchev–Trinajstić information content (AvgIpc) is 2.20. The number of hydrogen-bond donors (Lipinski definition) is 1. The highest BCUT2D eigenvalue weighted by Gasteiger charge is 2.15. The van der Waals surface area contributed by atoms with E-state index in [1.54, 1.807) is 12.3 Å². The highest BCUT2D eigenvalue weighted by atomic mass is 35.5. The van der Waals surface area contributed by atoms with Gasteiger partial charge in [0.2, 0.25) is 0 Å². The molecule has 90 valence electrons. The summed E-state index contributed by atoms with van der Waals surface area (Å²) in [6.07, 6.45) is 2.27. The summed E-state index contributed by atoms with van der Waals surface area (Å²) in [7, 11) is 0. The minimum atomic E-state index is 0.161. The third kappa shape index (κ3) is 3.51. The molecule has 0 spiro atoms. The summed E-state index contributed by atoms with van der Waals surface area (Å²) >= 11 is 11.9. The van der Waals surface area contributed by atoms with Gasteiger partial charge in [-0.2, -0.15) is 0 Å². The van der Waals surface area contributed by atoms with Gasteiger partial charge in [0.05, 0.1) is 10.0 Å². The molecular formula is C11H16Cl2N2O. The third-order valence-corrected chi connectivity index (χ3v) is 2.73. The second kappa shape index (κ2) is 6.28. The quantitative estimate of drug-likeness (QED) is 0.887. The summed E-state index contributed by atoms with van der Waals surface area (Å²) in [6, 6.07) is 1.96. The van der Waals surface area contributed by atoms with Gasteiger partial charge in [0.15, 0.2) is 0 Å². The van der Waals surface area contributed by atoms with Crippen molar-refractivity contribution in [1.29, 1.82) is 0 Å². The zero-order valence-corrected chi connectivity index (χ0v) is 11.0. The Labute approximate surface area is 106 Å². The van der Waals surface area contributed by atoms with Gasteiger partial charge in [-0.1, -0.05) is 23.2 Å². The topological polar surface area (TPSA) is 36.4 Å². The van der Waals surface area contributed by atoms with Crippen LogP contribution in [0.3, 0.4) is 0 Å². The number of hydrogen-bond acceptors (Lipinski definition) is 3. The maximum Gasteiger partial charge on any atom is 0.147 e. The summed E-state index contributed by atoms with van der Waals surface area (Å²) in [6.45, 7) is 5.00. The van der Waals surface area contributed by atoms with Crippen LogP contribution in [0.25, 0.3) is 0 Å². The highest BCUT2D eigenvalue weighted by molar-refractivity contribution is 6.36. The predicted octanol–water partition coefficient (Wildman–Crippen LogP) is 2.99. The van der Waals surface area contributed by atoms with Gasteiger partial charge in [-0.15, -0.1) is 0 Å². The molecule has 0 atom stereocenters. The number of nitrogens with zero attached hydrogens (tertiary/aromatic N) is 2. The first-order valence-corrected chi connectivity index (χ1v) is 6.00. The lowest BCUT2D eigenvalue weighted by molar-refractivity contribution is 0.288. The van der Waals surface area contributed by atoms with Crippen LogP contribution in [0.1, 0.15) is 20.3 Å². The third-order valence-electron chi connectivity index (χ3n) is 2.24. The van der Waals surface area contributed by atoms with E-state index in [1.165, 1.54) is 0 Å². The van der Waals surface area contributed by atoms with Crippen LogP contribution in [0.15, 0.2) is 12.3 Å². The first kappa shape index (κ1) is 13.6. The van der Waals surface area contributed by atoms with Crippen molar-refractivity contribution in [3.8, 4) is 0 Å². The van der Waals surface area contributed by atoms with E-state index in [2.05, 4.69) is 23.7 Å². The molecule has 0 bridgehead atoms. The second-order valence-corrected chi connectivity index (χ2v) is 4.67. The van der Waals surface area contributed by atoms with Crippen molar-refractivity contribution in [1.82, 2.24) is 4.98 Å². The van der Waals surface area contributed by atoms with Crippen molar-refractivity contribution >= 4 is 29.0 Å². The largest absolute Gasteiger partial charge is 0.396 e. The van der Waals surface area contributed by atoms with E-state index < -0.39 is 0 Å². The van der Waals surface area contributed by atoms with E-state index in [0.29, 0.717) is 16.5 Å². The van der Waals surface area contributed by atoms with E-state index >= 15 is 0 Å². The maximum absolute atomic E-state index is 8.86. The van der Waals surface area contributed by atoms with Gasteiger partial charge in [-0.05, 0) is 26.3 Å². The Morgan fingerprint density at radius 3 is 2.62 bits per heavy atom. The van der Waals surface area contributed by atoms with E-state index in [1.807, 2.05) is 0 Å². The molecule has 0 aliphatic heterocycles. The van der Waals surface area contributed by atoms with Gasteiger partial charge >= 0.3 is 0 Å². The van der Waals surface area contributed by atoms with E-state index in [4.69, 9.17) is 28.3 Å². The summed E-state index contributed by atoms with van der Waals surface area (Å²) in [5.41, 5.74) is 0. The molecule has 0 saturated heterocycles. The second-order valence-electron chi connectivity index (χ2n) is 3.82. The molecule has 0 aliphatic carbocycles. The molecule has 0 aliphatic rings. The molecule has 0 aromatic carbocycles. The van der Waals surface area contributed by atoms with Gasteiger partial charge in [-0.3, -0.25) is 0 Å². The van der Waals surface area contributed by atoms with Crippen LogP contribution in [-0.2, 0) is 0 Å². The number of halogens is 2. The van der Waals surface area contributed by atoms with E-state index in [0.717, 1.165) is 12.4 Å². The fourth-order valence-corrected chi connectivity index (χ4v) is 1.96. The molecule has 3 nitrogen and oxygen atoms in total. The van der Waals surface area contributed by atoms with Crippen LogP contribution in [0.2, 0.25) is 10.0 Å². The summed E-state index contributed by atoms with van der Waals surface area (Å²) in [5, 5.41) is 9.92. The van der Waals surface area contributed by atoms with Gasteiger partial charge in [0.25, 0.3) is 0 Å². The van der Waals surface area contributed by atoms with Crippen molar-refractivity contribution in [3.05, 3.63) is 22.3 Å². The molecule has 0 amide bonds. The molecule has 0 radical (unpaired) electrons. The van der Waals surface area contributed by atoms with Gasteiger partial charge in [0.1, 0.15) is 5.82 Å². The minimum Gasteiger partial charge on any atom is -0.396 e. The number of aromatic nitrogens is 1. The Kier molecular flexibility index (Phi) is 5.32. The van der Waals surface area contributed by atoms with Crippen molar-refractivity contribution in [2.75, 3.05) is 18.1 Å². The lowest BCUT2D eigenvalue weighted by atomic mass is 10.2. The van der Waals surface area contributed by atoms with Crippen molar-refractivity contribution < 1.29 is 5.11 Å². The SMILES string of the molecule is CC(C)N(CCCO)c1ncc(Cl)cc1Cl. The molecule has 0 fully saturated rings. The molecule has 1 aromatic rings. The molecule has 0 saturated carbocycles. The van der Waals surface area contributed by atoms with Crippen molar-refractivity contribution in [3.63, 3.8) is 0 Å². The van der Waals surface area contributed by atoms with Crippen LogP contribution in [-0.4, -0.2) is 29.3 Å². The van der Waals surface area contributed by atoms with E-state index in [-0.39, 0.29) is 12.6 Å². The number of anilines is 1. The van der Waals surface area contributed by atoms with Crippen molar-refractivity contribution in [2.45, 2.75) is 26.3 Å². The fourth-order valence-electron chi connectivity index (χ4n) is 1.47. The Morgan fingerprint density at radius 1 is 1.44 bits per heavy atom.